The number of rotatable bonds is 4. The van der Waals surface area contributed by atoms with Crippen LogP contribution in [0.1, 0.15) is 70.6 Å². The van der Waals surface area contributed by atoms with Crippen LogP contribution in [-0.2, 0) is 4.79 Å². The number of nitrogens with one attached hydrogen (secondary N) is 1. The summed E-state index contributed by atoms with van der Waals surface area (Å²) in [5.41, 5.74) is 0. The van der Waals surface area contributed by atoms with Gasteiger partial charge in [0.1, 0.15) is 0 Å². The van der Waals surface area contributed by atoms with Crippen LogP contribution < -0.4 is 5.32 Å². The van der Waals surface area contributed by atoms with Gasteiger partial charge in [-0.25, -0.2) is 0 Å². The van der Waals surface area contributed by atoms with Crippen molar-refractivity contribution in [2.45, 2.75) is 76.7 Å². The average molecular weight is 319 g/mol. The van der Waals surface area contributed by atoms with Gasteiger partial charge < -0.3 is 10.2 Å². The van der Waals surface area contributed by atoms with Gasteiger partial charge in [0.2, 0.25) is 5.91 Å². The molecule has 2 aliphatic carbocycles. The molecule has 1 aliphatic heterocycles. The molecule has 3 heteroatoms. The van der Waals surface area contributed by atoms with E-state index >= 15 is 0 Å². The van der Waals surface area contributed by atoms with Gasteiger partial charge in [-0.15, -0.1) is 0 Å². The van der Waals surface area contributed by atoms with Crippen molar-refractivity contribution in [3.8, 4) is 0 Å². The van der Waals surface area contributed by atoms with Gasteiger partial charge in [-0.1, -0.05) is 37.8 Å². The minimum atomic E-state index is 0.265. The number of allylic oxidation sites excluding steroid dienone is 2. The third kappa shape index (κ3) is 5.34. The zero-order valence-corrected chi connectivity index (χ0v) is 14.6. The molecule has 0 aromatic rings. The molecule has 0 bridgehead atoms. The van der Waals surface area contributed by atoms with Crippen LogP contribution in [0, 0.1) is 11.8 Å². The summed E-state index contributed by atoms with van der Waals surface area (Å²) in [7, 11) is 0. The number of carbonyl (C=O) groups is 1. The Labute approximate surface area is 141 Å². The van der Waals surface area contributed by atoms with E-state index < -0.39 is 0 Å². The average Bonchev–Trinajstić information content (AvgIpc) is 2.85. The highest BCUT2D eigenvalue weighted by Gasteiger charge is 2.27. The Bertz CT molecular complexity index is 390. The zero-order chi connectivity index (χ0) is 15.9. The fourth-order valence-electron chi connectivity index (χ4n) is 4.51. The third-order valence-corrected chi connectivity index (χ3v) is 6.05. The Hall–Kier alpha value is -0.830. The summed E-state index contributed by atoms with van der Waals surface area (Å²) in [5, 5.41) is 3.36. The molecule has 0 aromatic carbocycles. The van der Waals surface area contributed by atoms with Gasteiger partial charge in [0.05, 0.1) is 0 Å². The highest BCUT2D eigenvalue weighted by atomic mass is 16.1. The molecule has 23 heavy (non-hydrogen) atoms. The van der Waals surface area contributed by atoms with Gasteiger partial charge in [-0.2, -0.15) is 0 Å². The maximum Gasteiger partial charge on any atom is 0.223 e. The minimum Gasteiger partial charge on any atom is -0.353 e. The van der Waals surface area contributed by atoms with Gasteiger partial charge >= 0.3 is 0 Å². The predicted octanol–water partition coefficient (Wildman–Crippen LogP) is 3.89. The van der Waals surface area contributed by atoms with E-state index in [1.807, 2.05) is 0 Å². The second-order valence-corrected chi connectivity index (χ2v) is 7.92. The summed E-state index contributed by atoms with van der Waals surface area (Å²) >= 11 is 0. The molecule has 0 radical (unpaired) electrons. The van der Waals surface area contributed by atoms with E-state index in [1.165, 1.54) is 64.3 Å². The molecular formula is C20H34N2O. The first-order chi connectivity index (χ1) is 11.3. The van der Waals surface area contributed by atoms with Crippen molar-refractivity contribution in [1.29, 1.82) is 0 Å². The van der Waals surface area contributed by atoms with Crippen molar-refractivity contribution in [3.63, 3.8) is 0 Å². The van der Waals surface area contributed by atoms with Crippen LogP contribution >= 0.6 is 0 Å². The second kappa shape index (κ2) is 8.86. The second-order valence-electron chi connectivity index (χ2n) is 7.92. The first-order valence-electron chi connectivity index (χ1n) is 9.99. The monoisotopic (exact) mass is 318 g/mol. The Balaban J connectivity index is 1.37. The van der Waals surface area contributed by atoms with E-state index in [-0.39, 0.29) is 5.92 Å². The number of nitrogens with zero attached hydrogens (tertiary/aromatic N) is 1. The summed E-state index contributed by atoms with van der Waals surface area (Å²) in [4.78, 5) is 15.1. The molecule has 1 atom stereocenters. The Kier molecular flexibility index (Phi) is 6.56. The molecule has 2 fully saturated rings. The van der Waals surface area contributed by atoms with E-state index in [4.69, 9.17) is 0 Å². The van der Waals surface area contributed by atoms with Gasteiger partial charge in [-0.3, -0.25) is 4.79 Å². The van der Waals surface area contributed by atoms with Crippen LogP contribution in [0.4, 0.5) is 0 Å². The van der Waals surface area contributed by atoms with Crippen LogP contribution in [0.25, 0.3) is 0 Å². The highest BCUT2D eigenvalue weighted by Crippen LogP contribution is 2.24. The number of carbonyl (C=O) groups excluding carboxylic acids is 1. The molecule has 1 N–H and O–H groups in total. The summed E-state index contributed by atoms with van der Waals surface area (Å²) < 4.78 is 0. The smallest absolute Gasteiger partial charge is 0.223 e. The number of likely N-dealkylation sites (tertiary alicyclic amines) is 1. The molecule has 1 heterocycles. The largest absolute Gasteiger partial charge is 0.353 e. The first-order valence-corrected chi connectivity index (χ1v) is 9.99. The first kappa shape index (κ1) is 17.0. The van der Waals surface area contributed by atoms with Crippen LogP contribution in [0.5, 0.6) is 0 Å². The molecule has 0 spiro atoms. The van der Waals surface area contributed by atoms with Crippen LogP contribution in [0.2, 0.25) is 0 Å². The topological polar surface area (TPSA) is 32.3 Å². The van der Waals surface area contributed by atoms with Gasteiger partial charge in [0, 0.05) is 18.5 Å². The van der Waals surface area contributed by atoms with Crippen molar-refractivity contribution < 1.29 is 4.79 Å². The fraction of sp³-hybridized carbons (Fsp3) is 0.850. The molecule has 3 nitrogen and oxygen atoms in total. The minimum absolute atomic E-state index is 0.265. The molecule has 1 amide bonds. The fourth-order valence-corrected chi connectivity index (χ4v) is 4.51. The van der Waals surface area contributed by atoms with E-state index in [2.05, 4.69) is 22.4 Å². The highest BCUT2D eigenvalue weighted by molar-refractivity contribution is 5.79. The molecule has 0 aromatic heterocycles. The van der Waals surface area contributed by atoms with Crippen molar-refractivity contribution in [1.82, 2.24) is 10.2 Å². The lowest BCUT2D eigenvalue weighted by atomic mass is 9.91. The zero-order valence-electron chi connectivity index (χ0n) is 14.6. The quantitative estimate of drug-likeness (QED) is 0.630. The molecular weight excluding hydrogens is 284 g/mol. The molecule has 3 rings (SSSR count). The van der Waals surface area contributed by atoms with Gasteiger partial charge in [-0.05, 0) is 64.0 Å². The van der Waals surface area contributed by atoms with Gasteiger partial charge in [0.25, 0.3) is 0 Å². The van der Waals surface area contributed by atoms with E-state index in [9.17, 15) is 4.79 Å². The number of piperidine rings is 1. The molecule has 130 valence electrons. The van der Waals surface area contributed by atoms with Crippen LogP contribution in [-0.4, -0.2) is 36.5 Å². The standard InChI is InChI=1S/C20H34N2O/c23-20(21-19-10-6-1-2-7-11-19)18-12-14-22(15-13-18)16-17-8-4-3-5-9-17/h3-4,17-19H,1-2,5-16H2,(H,21,23). The molecule has 1 saturated heterocycles. The summed E-state index contributed by atoms with van der Waals surface area (Å²) in [6.07, 6.45) is 18.3. The lowest BCUT2D eigenvalue weighted by Gasteiger charge is -2.34. The molecule has 3 aliphatic rings. The summed E-state index contributed by atoms with van der Waals surface area (Å²) in [6.45, 7) is 3.47. The van der Waals surface area contributed by atoms with E-state index in [1.54, 1.807) is 0 Å². The van der Waals surface area contributed by atoms with Crippen molar-refractivity contribution in [2.75, 3.05) is 19.6 Å². The van der Waals surface area contributed by atoms with Crippen molar-refractivity contribution in [2.24, 2.45) is 11.8 Å². The number of hydrogen-bond acceptors (Lipinski definition) is 2. The third-order valence-electron chi connectivity index (χ3n) is 6.05. The molecule has 1 saturated carbocycles. The Morgan fingerprint density at radius 1 is 0.957 bits per heavy atom. The molecule has 1 unspecified atom stereocenters. The summed E-state index contributed by atoms with van der Waals surface area (Å²) in [5.74, 6) is 1.45. The van der Waals surface area contributed by atoms with Crippen molar-refractivity contribution in [3.05, 3.63) is 12.2 Å². The Morgan fingerprint density at radius 3 is 2.35 bits per heavy atom. The normalized spacial score (nSPS) is 28.4. The van der Waals surface area contributed by atoms with Crippen molar-refractivity contribution >= 4 is 5.91 Å². The summed E-state index contributed by atoms with van der Waals surface area (Å²) in [6, 6.07) is 0.456. The predicted molar refractivity (Wildman–Crippen MR) is 95.3 cm³/mol. The maximum absolute atomic E-state index is 12.5. The van der Waals surface area contributed by atoms with Crippen LogP contribution in [0.3, 0.4) is 0 Å². The lowest BCUT2D eigenvalue weighted by Crippen LogP contribution is -2.44. The lowest BCUT2D eigenvalue weighted by molar-refractivity contribution is -0.127. The number of amides is 1. The van der Waals surface area contributed by atoms with Gasteiger partial charge in [0.15, 0.2) is 0 Å². The van der Waals surface area contributed by atoms with E-state index in [0.29, 0.717) is 11.9 Å². The number of hydrogen-bond donors (Lipinski definition) is 1. The van der Waals surface area contributed by atoms with E-state index in [0.717, 1.165) is 31.8 Å². The maximum atomic E-state index is 12.5. The Morgan fingerprint density at radius 2 is 1.70 bits per heavy atom. The van der Waals surface area contributed by atoms with Crippen LogP contribution in [0.15, 0.2) is 12.2 Å². The SMILES string of the molecule is O=C(NC1CCCCCC1)C1CCN(CC2CC=CCC2)CC1.